The van der Waals surface area contributed by atoms with Crippen LogP contribution in [-0.4, -0.2) is 17.1 Å². The van der Waals surface area contributed by atoms with Gasteiger partial charge in [0.25, 0.3) is 0 Å². The van der Waals surface area contributed by atoms with E-state index < -0.39 is 29.3 Å². The first-order valence-electron chi connectivity index (χ1n) is 9.12. The smallest absolute Gasteiger partial charge is 0.416 e. The number of nitrogens with one attached hydrogen (secondary N) is 1. The average molecular weight is 496 g/mol. The molecule has 0 spiro atoms. The van der Waals surface area contributed by atoms with E-state index in [0.29, 0.717) is 29.0 Å². The van der Waals surface area contributed by atoms with E-state index in [9.17, 15) is 30.7 Å². The van der Waals surface area contributed by atoms with Crippen molar-refractivity contribution in [1.29, 1.82) is 0 Å². The van der Waals surface area contributed by atoms with Crippen molar-refractivity contribution in [2.75, 3.05) is 7.11 Å². The first-order valence-corrected chi connectivity index (χ1v) is 9.12. The molecule has 0 amide bonds. The van der Waals surface area contributed by atoms with Gasteiger partial charge in [0.05, 0.1) is 29.5 Å². The van der Waals surface area contributed by atoms with Gasteiger partial charge in [-0.25, -0.2) is 14.4 Å². The lowest BCUT2D eigenvalue weighted by Crippen LogP contribution is -2.17. The topological polar surface area (TPSA) is 47.0 Å². The van der Waals surface area contributed by atoms with Gasteiger partial charge in [0, 0.05) is 18.7 Å². The molecule has 1 aromatic heterocycles. The molecule has 0 aliphatic heterocycles. The van der Waals surface area contributed by atoms with Crippen molar-refractivity contribution in [3.05, 3.63) is 76.9 Å². The van der Waals surface area contributed by atoms with Crippen LogP contribution in [-0.2, 0) is 25.4 Å². The number of nitrogens with zero attached hydrogens (tertiary/aromatic N) is 2. The van der Waals surface area contributed by atoms with Crippen LogP contribution in [0.15, 0.2) is 48.8 Å². The van der Waals surface area contributed by atoms with Gasteiger partial charge < -0.3 is 10.1 Å². The molecule has 0 saturated carbocycles. The van der Waals surface area contributed by atoms with E-state index in [1.165, 1.54) is 37.7 Å². The summed E-state index contributed by atoms with van der Waals surface area (Å²) in [5.41, 5.74) is -1.67. The predicted molar refractivity (Wildman–Crippen MR) is 108 cm³/mol. The summed E-state index contributed by atoms with van der Waals surface area (Å²) in [5, 5.41) is 2.80. The fourth-order valence-corrected chi connectivity index (χ4v) is 3.04. The standard InChI is InChI=1S/C21H16F7N3O.ClH/c1-32-19-17(18(30-11-31-19)13-2-4-16(22)5-3-13)10-29-9-12-6-14(20(23,24)25)8-15(7-12)21(26,27)28;/h2-8,11,29H,9-10H2,1H3;1H. The van der Waals surface area contributed by atoms with Crippen LogP contribution in [0, 0.1) is 5.82 Å². The Morgan fingerprint density at radius 2 is 1.42 bits per heavy atom. The first kappa shape index (κ1) is 26.3. The molecule has 12 heteroatoms. The summed E-state index contributed by atoms with van der Waals surface area (Å²) in [6.45, 7) is -0.331. The van der Waals surface area contributed by atoms with E-state index in [0.717, 1.165) is 0 Å². The number of hydrogen-bond donors (Lipinski definition) is 1. The molecule has 4 nitrogen and oxygen atoms in total. The van der Waals surface area contributed by atoms with E-state index >= 15 is 0 Å². The second-order valence-corrected chi connectivity index (χ2v) is 6.73. The molecule has 0 saturated heterocycles. The molecule has 1 N–H and O–H groups in total. The monoisotopic (exact) mass is 495 g/mol. The zero-order valence-corrected chi connectivity index (χ0v) is 17.7. The Labute approximate surface area is 190 Å². The average Bonchev–Trinajstić information content (AvgIpc) is 2.73. The molecule has 0 atom stereocenters. The SMILES string of the molecule is COc1ncnc(-c2ccc(F)cc2)c1CNCc1cc(C(F)(F)F)cc(C(F)(F)F)c1.Cl. The fraction of sp³-hybridized carbons (Fsp3) is 0.238. The molecule has 0 bridgehead atoms. The Morgan fingerprint density at radius 3 is 1.94 bits per heavy atom. The third-order valence-corrected chi connectivity index (χ3v) is 4.50. The molecular weight excluding hydrogens is 479 g/mol. The summed E-state index contributed by atoms with van der Waals surface area (Å²) >= 11 is 0. The number of benzene rings is 2. The number of methoxy groups -OCH3 is 1. The molecule has 178 valence electrons. The summed E-state index contributed by atoms with van der Waals surface area (Å²) in [4.78, 5) is 8.13. The number of ether oxygens (including phenoxy) is 1. The Balaban J connectivity index is 0.00000385. The quantitative estimate of drug-likeness (QED) is 0.424. The highest BCUT2D eigenvalue weighted by Gasteiger charge is 2.36. The van der Waals surface area contributed by atoms with Crippen LogP contribution < -0.4 is 10.1 Å². The minimum atomic E-state index is -4.93. The molecule has 0 aliphatic rings. The van der Waals surface area contributed by atoms with Crippen LogP contribution in [0.4, 0.5) is 30.7 Å². The second kappa shape index (κ2) is 10.3. The number of halogens is 8. The van der Waals surface area contributed by atoms with Crippen molar-refractivity contribution >= 4 is 12.4 Å². The molecule has 0 radical (unpaired) electrons. The van der Waals surface area contributed by atoms with E-state index in [4.69, 9.17) is 4.74 Å². The van der Waals surface area contributed by atoms with Crippen LogP contribution in [0.1, 0.15) is 22.3 Å². The Kier molecular flexibility index (Phi) is 8.25. The highest BCUT2D eigenvalue weighted by atomic mass is 35.5. The molecule has 3 rings (SSSR count). The van der Waals surface area contributed by atoms with Gasteiger partial charge in [-0.15, -0.1) is 12.4 Å². The van der Waals surface area contributed by atoms with Crippen molar-refractivity contribution in [2.24, 2.45) is 0 Å². The normalized spacial score (nSPS) is 11.8. The van der Waals surface area contributed by atoms with Gasteiger partial charge in [-0.3, -0.25) is 0 Å². The van der Waals surface area contributed by atoms with Gasteiger partial charge in [0.2, 0.25) is 5.88 Å². The minimum Gasteiger partial charge on any atom is -0.481 e. The third kappa shape index (κ3) is 6.55. The molecule has 0 unspecified atom stereocenters. The maximum absolute atomic E-state index is 13.2. The van der Waals surface area contributed by atoms with Crippen LogP contribution in [0.3, 0.4) is 0 Å². The van der Waals surface area contributed by atoms with Crippen molar-refractivity contribution in [1.82, 2.24) is 15.3 Å². The zero-order chi connectivity index (χ0) is 23.5. The Bertz CT molecular complexity index is 1050. The highest BCUT2D eigenvalue weighted by Crippen LogP contribution is 2.36. The molecular formula is C21H17ClF7N3O. The van der Waals surface area contributed by atoms with Gasteiger partial charge in [-0.1, -0.05) is 0 Å². The van der Waals surface area contributed by atoms with Crippen molar-refractivity contribution in [2.45, 2.75) is 25.4 Å². The summed E-state index contributed by atoms with van der Waals surface area (Å²) in [5.74, 6) is -0.300. The van der Waals surface area contributed by atoms with Crippen LogP contribution in [0.5, 0.6) is 5.88 Å². The second-order valence-electron chi connectivity index (χ2n) is 6.73. The van der Waals surface area contributed by atoms with Crippen LogP contribution in [0.25, 0.3) is 11.3 Å². The molecule has 33 heavy (non-hydrogen) atoms. The van der Waals surface area contributed by atoms with Gasteiger partial charge in [0.15, 0.2) is 0 Å². The molecule has 3 aromatic rings. The van der Waals surface area contributed by atoms with E-state index in [1.807, 2.05) is 0 Å². The number of aromatic nitrogens is 2. The Hall–Kier alpha value is -2.92. The van der Waals surface area contributed by atoms with Crippen molar-refractivity contribution < 1.29 is 35.5 Å². The third-order valence-electron chi connectivity index (χ3n) is 4.50. The molecule has 0 aliphatic carbocycles. The molecule has 1 heterocycles. The van der Waals surface area contributed by atoms with Crippen LogP contribution in [0.2, 0.25) is 0 Å². The molecule has 0 fully saturated rings. The van der Waals surface area contributed by atoms with E-state index in [-0.39, 0.29) is 43.0 Å². The van der Waals surface area contributed by atoms with Gasteiger partial charge >= 0.3 is 12.4 Å². The lowest BCUT2D eigenvalue weighted by Gasteiger charge is -2.16. The fourth-order valence-electron chi connectivity index (χ4n) is 3.04. The summed E-state index contributed by atoms with van der Waals surface area (Å²) < 4.78 is 96.7. The minimum absolute atomic E-state index is 0. The lowest BCUT2D eigenvalue weighted by atomic mass is 10.0. The van der Waals surface area contributed by atoms with E-state index in [1.54, 1.807) is 0 Å². The summed E-state index contributed by atoms with van der Waals surface area (Å²) in [6, 6.07) is 6.78. The molecule has 2 aromatic carbocycles. The summed E-state index contributed by atoms with van der Waals surface area (Å²) in [7, 11) is 1.35. The largest absolute Gasteiger partial charge is 0.481 e. The van der Waals surface area contributed by atoms with E-state index in [2.05, 4.69) is 15.3 Å². The van der Waals surface area contributed by atoms with Crippen molar-refractivity contribution in [3.63, 3.8) is 0 Å². The number of alkyl halides is 6. The van der Waals surface area contributed by atoms with Crippen LogP contribution >= 0.6 is 12.4 Å². The van der Waals surface area contributed by atoms with Crippen molar-refractivity contribution in [3.8, 4) is 17.1 Å². The van der Waals surface area contributed by atoms with Gasteiger partial charge in [-0.2, -0.15) is 26.3 Å². The predicted octanol–water partition coefficient (Wildman–Crippen LogP) is 6.04. The van der Waals surface area contributed by atoms with Gasteiger partial charge in [-0.05, 0) is 48.0 Å². The number of rotatable bonds is 6. The lowest BCUT2D eigenvalue weighted by molar-refractivity contribution is -0.143. The summed E-state index contributed by atoms with van der Waals surface area (Å²) in [6.07, 6.45) is -8.63. The zero-order valence-electron chi connectivity index (χ0n) is 16.9. The number of hydrogen-bond acceptors (Lipinski definition) is 4. The maximum atomic E-state index is 13.2. The highest BCUT2D eigenvalue weighted by molar-refractivity contribution is 5.85. The maximum Gasteiger partial charge on any atom is 0.416 e. The van der Waals surface area contributed by atoms with Gasteiger partial charge in [0.1, 0.15) is 12.1 Å². The Morgan fingerprint density at radius 1 is 0.848 bits per heavy atom. The first-order chi connectivity index (χ1) is 15.0.